The molecule has 0 N–H and O–H groups in total. The Morgan fingerprint density at radius 2 is 1.74 bits per heavy atom. The number of benzene rings is 2. The lowest BCUT2D eigenvalue weighted by Gasteiger charge is -2.23. The van der Waals surface area contributed by atoms with Crippen molar-refractivity contribution in [1.82, 2.24) is 0 Å². The molecule has 0 radical (unpaired) electrons. The average molecular weight is 305 g/mol. The molecule has 0 aliphatic heterocycles. The SMILES string of the molecule is Cc1ccc([C@@H]2CC(=O)CC(=NCCc3ccccc3)C2)cc1. The average Bonchev–Trinajstić information content (AvgIpc) is 2.56. The zero-order valence-corrected chi connectivity index (χ0v) is 13.7. The molecule has 1 atom stereocenters. The molecule has 23 heavy (non-hydrogen) atoms. The summed E-state index contributed by atoms with van der Waals surface area (Å²) in [5, 5.41) is 0. The van der Waals surface area contributed by atoms with Crippen LogP contribution in [0, 0.1) is 6.92 Å². The Morgan fingerprint density at radius 1 is 1.00 bits per heavy atom. The molecule has 2 nitrogen and oxygen atoms in total. The molecule has 0 amide bonds. The van der Waals surface area contributed by atoms with Gasteiger partial charge in [0.1, 0.15) is 5.78 Å². The fourth-order valence-corrected chi connectivity index (χ4v) is 3.19. The van der Waals surface area contributed by atoms with Gasteiger partial charge in [0.15, 0.2) is 0 Å². The van der Waals surface area contributed by atoms with Gasteiger partial charge in [-0.1, -0.05) is 60.2 Å². The summed E-state index contributed by atoms with van der Waals surface area (Å²) in [7, 11) is 0. The van der Waals surface area contributed by atoms with Gasteiger partial charge in [0, 0.05) is 25.1 Å². The number of hydrogen-bond acceptors (Lipinski definition) is 2. The highest BCUT2D eigenvalue weighted by Gasteiger charge is 2.25. The molecule has 118 valence electrons. The lowest BCUT2D eigenvalue weighted by atomic mass is 9.82. The maximum atomic E-state index is 12.1. The highest BCUT2D eigenvalue weighted by atomic mass is 16.1. The van der Waals surface area contributed by atoms with Crippen LogP contribution >= 0.6 is 0 Å². The van der Waals surface area contributed by atoms with Crippen LogP contribution in [-0.4, -0.2) is 18.0 Å². The van der Waals surface area contributed by atoms with Gasteiger partial charge < -0.3 is 0 Å². The van der Waals surface area contributed by atoms with Crippen LogP contribution in [0.5, 0.6) is 0 Å². The fraction of sp³-hybridized carbons (Fsp3) is 0.333. The smallest absolute Gasteiger partial charge is 0.139 e. The Kier molecular flexibility index (Phi) is 5.02. The molecule has 2 aromatic carbocycles. The first-order valence-corrected chi connectivity index (χ1v) is 8.35. The third kappa shape index (κ3) is 4.38. The lowest BCUT2D eigenvalue weighted by molar-refractivity contribution is -0.118. The molecule has 0 saturated heterocycles. The van der Waals surface area contributed by atoms with Crippen LogP contribution in [0.2, 0.25) is 0 Å². The second kappa shape index (κ2) is 7.36. The van der Waals surface area contributed by atoms with Gasteiger partial charge >= 0.3 is 0 Å². The van der Waals surface area contributed by atoms with Crippen LogP contribution < -0.4 is 0 Å². The van der Waals surface area contributed by atoms with Crippen LogP contribution in [-0.2, 0) is 11.2 Å². The molecule has 1 aliphatic carbocycles. The Bertz CT molecular complexity index is 686. The number of aliphatic imine (C=N–C) groups is 1. The van der Waals surface area contributed by atoms with E-state index in [-0.39, 0.29) is 0 Å². The van der Waals surface area contributed by atoms with Crippen LogP contribution in [0.4, 0.5) is 0 Å². The van der Waals surface area contributed by atoms with E-state index in [9.17, 15) is 4.79 Å². The standard InChI is InChI=1S/C21H23NO/c1-16-7-9-18(10-8-16)19-13-20(15-21(23)14-19)22-12-11-17-5-3-2-4-6-17/h2-10,19H,11-15H2,1H3/t19-/m0/s1. The monoisotopic (exact) mass is 305 g/mol. The van der Waals surface area contributed by atoms with E-state index in [1.54, 1.807) is 0 Å². The Hall–Kier alpha value is -2.22. The molecule has 1 aliphatic rings. The van der Waals surface area contributed by atoms with Crippen molar-refractivity contribution >= 4 is 11.5 Å². The molecule has 2 heteroatoms. The molecular weight excluding hydrogens is 282 g/mol. The first-order chi connectivity index (χ1) is 11.2. The first kappa shape index (κ1) is 15.7. The van der Waals surface area contributed by atoms with Gasteiger partial charge in [-0.05, 0) is 36.8 Å². The van der Waals surface area contributed by atoms with Gasteiger partial charge in [-0.2, -0.15) is 0 Å². The van der Waals surface area contributed by atoms with E-state index in [2.05, 4.69) is 55.5 Å². The molecule has 0 bridgehead atoms. The minimum absolute atomic E-state index is 0.298. The van der Waals surface area contributed by atoms with E-state index < -0.39 is 0 Å². The van der Waals surface area contributed by atoms with Crippen LogP contribution in [0.25, 0.3) is 0 Å². The van der Waals surface area contributed by atoms with E-state index >= 15 is 0 Å². The van der Waals surface area contributed by atoms with Gasteiger partial charge in [-0.15, -0.1) is 0 Å². The minimum Gasteiger partial charge on any atom is -0.299 e. The molecule has 2 aromatic rings. The van der Waals surface area contributed by atoms with Gasteiger partial charge in [-0.25, -0.2) is 0 Å². The molecule has 1 saturated carbocycles. The van der Waals surface area contributed by atoms with E-state index in [1.165, 1.54) is 16.7 Å². The summed E-state index contributed by atoms with van der Waals surface area (Å²) < 4.78 is 0. The van der Waals surface area contributed by atoms with Crippen molar-refractivity contribution in [3.63, 3.8) is 0 Å². The molecule has 0 unspecified atom stereocenters. The predicted molar refractivity (Wildman–Crippen MR) is 95.2 cm³/mol. The third-order valence-electron chi connectivity index (χ3n) is 4.48. The largest absolute Gasteiger partial charge is 0.299 e. The van der Waals surface area contributed by atoms with Crippen LogP contribution in [0.3, 0.4) is 0 Å². The van der Waals surface area contributed by atoms with Crippen molar-refractivity contribution in [1.29, 1.82) is 0 Å². The van der Waals surface area contributed by atoms with E-state index in [0.29, 0.717) is 24.5 Å². The van der Waals surface area contributed by atoms with Gasteiger partial charge in [-0.3, -0.25) is 9.79 Å². The number of rotatable bonds is 4. The van der Waals surface area contributed by atoms with Gasteiger partial charge in [0.05, 0.1) is 0 Å². The quantitative estimate of drug-likeness (QED) is 0.817. The number of aryl methyl sites for hydroxylation is 1. The summed E-state index contributed by atoms with van der Waals surface area (Å²) in [6.07, 6.45) is 3.05. The summed E-state index contributed by atoms with van der Waals surface area (Å²) >= 11 is 0. The number of hydrogen-bond donors (Lipinski definition) is 0. The second-order valence-electron chi connectivity index (χ2n) is 6.41. The number of Topliss-reactive ketones (excluding diaryl/α,β-unsaturated/α-hetero) is 1. The number of carbonyl (C=O) groups excluding carboxylic acids is 1. The third-order valence-corrected chi connectivity index (χ3v) is 4.48. The Morgan fingerprint density at radius 3 is 2.48 bits per heavy atom. The first-order valence-electron chi connectivity index (χ1n) is 8.35. The maximum absolute atomic E-state index is 12.1. The van der Waals surface area contributed by atoms with Crippen molar-refractivity contribution in [3.8, 4) is 0 Å². The highest BCUT2D eigenvalue weighted by molar-refractivity contribution is 6.05. The molecule has 0 spiro atoms. The van der Waals surface area contributed by atoms with E-state index in [0.717, 1.165) is 25.1 Å². The Labute approximate surface area is 138 Å². The molecule has 3 rings (SSSR count). The fourth-order valence-electron chi connectivity index (χ4n) is 3.19. The summed E-state index contributed by atoms with van der Waals surface area (Å²) in [6, 6.07) is 19.0. The van der Waals surface area contributed by atoms with Crippen molar-refractivity contribution in [2.45, 2.75) is 38.5 Å². The highest BCUT2D eigenvalue weighted by Crippen LogP contribution is 2.30. The summed E-state index contributed by atoms with van der Waals surface area (Å²) in [4.78, 5) is 16.8. The van der Waals surface area contributed by atoms with Crippen molar-refractivity contribution < 1.29 is 4.79 Å². The Balaban J connectivity index is 1.64. The number of carbonyl (C=O) groups is 1. The van der Waals surface area contributed by atoms with Crippen LogP contribution in [0.1, 0.15) is 41.9 Å². The maximum Gasteiger partial charge on any atom is 0.139 e. The second-order valence-corrected chi connectivity index (χ2v) is 6.41. The predicted octanol–water partition coefficient (Wildman–Crippen LogP) is 4.52. The van der Waals surface area contributed by atoms with Crippen molar-refractivity contribution in [2.24, 2.45) is 4.99 Å². The zero-order valence-electron chi connectivity index (χ0n) is 13.7. The molecule has 0 aromatic heterocycles. The molecule has 0 heterocycles. The number of nitrogens with zero attached hydrogens (tertiary/aromatic N) is 1. The summed E-state index contributed by atoms with van der Waals surface area (Å²) in [5.74, 6) is 0.618. The van der Waals surface area contributed by atoms with Crippen LogP contribution in [0.15, 0.2) is 59.6 Å². The molecule has 1 fully saturated rings. The lowest BCUT2D eigenvalue weighted by Crippen LogP contribution is -2.22. The molecular formula is C21H23NO. The van der Waals surface area contributed by atoms with E-state index in [4.69, 9.17) is 4.99 Å². The summed E-state index contributed by atoms with van der Waals surface area (Å²) in [6.45, 7) is 2.86. The van der Waals surface area contributed by atoms with Gasteiger partial charge in [0.25, 0.3) is 0 Å². The van der Waals surface area contributed by atoms with Crippen molar-refractivity contribution in [2.75, 3.05) is 6.54 Å². The van der Waals surface area contributed by atoms with E-state index in [1.807, 2.05) is 6.07 Å². The minimum atomic E-state index is 0.298. The van der Waals surface area contributed by atoms with Gasteiger partial charge in [0.2, 0.25) is 0 Å². The normalized spacial score (nSPS) is 20.0. The topological polar surface area (TPSA) is 29.4 Å². The summed E-state index contributed by atoms with van der Waals surface area (Å²) in [5.41, 5.74) is 4.89. The number of ketones is 1. The van der Waals surface area contributed by atoms with Crippen molar-refractivity contribution in [3.05, 3.63) is 71.3 Å². The zero-order chi connectivity index (χ0) is 16.1.